The van der Waals surface area contributed by atoms with Gasteiger partial charge in [-0.3, -0.25) is 9.59 Å². The van der Waals surface area contributed by atoms with Gasteiger partial charge in [-0.2, -0.15) is 13.2 Å². The SMILES string of the molecule is C=CCCNC(=O)c1cccc(-c2cc3c(C(=O)NC)c(-c4ccc(F)cc4)oc3nc2CCC(F)(F)F)c1. The zero-order valence-corrected chi connectivity index (χ0v) is 21.0. The fourth-order valence-corrected chi connectivity index (χ4v) is 4.13. The summed E-state index contributed by atoms with van der Waals surface area (Å²) in [4.78, 5) is 29.9. The smallest absolute Gasteiger partial charge is 0.389 e. The topological polar surface area (TPSA) is 84.2 Å². The lowest BCUT2D eigenvalue weighted by atomic mass is 9.96. The van der Waals surface area contributed by atoms with Crippen LogP contribution in [0.1, 0.15) is 39.3 Å². The van der Waals surface area contributed by atoms with Crippen LogP contribution in [0, 0.1) is 5.82 Å². The molecule has 39 heavy (non-hydrogen) atoms. The molecule has 0 aliphatic rings. The van der Waals surface area contributed by atoms with E-state index in [2.05, 4.69) is 22.2 Å². The maximum atomic E-state index is 13.5. The molecule has 0 aliphatic heterocycles. The van der Waals surface area contributed by atoms with Gasteiger partial charge in [-0.05, 0) is 60.9 Å². The number of aryl methyl sites for hydroxylation is 1. The Morgan fingerprint density at radius 2 is 1.79 bits per heavy atom. The van der Waals surface area contributed by atoms with Crippen LogP contribution in [0.2, 0.25) is 0 Å². The first-order valence-electron chi connectivity index (χ1n) is 12.1. The number of rotatable bonds is 9. The monoisotopic (exact) mass is 539 g/mol. The predicted octanol–water partition coefficient (Wildman–Crippen LogP) is 6.46. The Bertz CT molecular complexity index is 1530. The van der Waals surface area contributed by atoms with Gasteiger partial charge in [0, 0.05) is 36.7 Å². The lowest BCUT2D eigenvalue weighted by molar-refractivity contribution is -0.134. The molecule has 0 fully saturated rings. The van der Waals surface area contributed by atoms with E-state index < -0.39 is 30.7 Å². The van der Waals surface area contributed by atoms with E-state index in [9.17, 15) is 27.2 Å². The van der Waals surface area contributed by atoms with E-state index in [1.54, 1.807) is 36.4 Å². The first-order chi connectivity index (χ1) is 18.6. The highest BCUT2D eigenvalue weighted by Gasteiger charge is 2.29. The largest absolute Gasteiger partial charge is 0.437 e. The minimum absolute atomic E-state index is 0.0350. The zero-order valence-electron chi connectivity index (χ0n) is 21.0. The Balaban J connectivity index is 1.90. The highest BCUT2D eigenvalue weighted by atomic mass is 19.4. The van der Waals surface area contributed by atoms with Gasteiger partial charge >= 0.3 is 6.18 Å². The van der Waals surface area contributed by atoms with Gasteiger partial charge in [0.2, 0.25) is 5.71 Å². The molecule has 0 spiro atoms. The molecule has 0 saturated carbocycles. The summed E-state index contributed by atoms with van der Waals surface area (Å²) in [5, 5.41) is 5.56. The molecule has 4 rings (SSSR count). The third-order valence-electron chi connectivity index (χ3n) is 6.04. The number of pyridine rings is 1. The summed E-state index contributed by atoms with van der Waals surface area (Å²) < 4.78 is 59.0. The molecule has 0 unspecified atom stereocenters. The molecule has 202 valence electrons. The minimum atomic E-state index is -4.43. The number of alkyl halides is 3. The maximum Gasteiger partial charge on any atom is 0.389 e. The van der Waals surface area contributed by atoms with Gasteiger partial charge in [0.25, 0.3) is 11.8 Å². The van der Waals surface area contributed by atoms with Crippen molar-refractivity contribution in [2.45, 2.75) is 25.4 Å². The number of furan rings is 1. The Kier molecular flexibility index (Phi) is 8.13. The van der Waals surface area contributed by atoms with Crippen LogP contribution in [0.4, 0.5) is 17.6 Å². The van der Waals surface area contributed by atoms with Gasteiger partial charge in [0.1, 0.15) is 11.6 Å². The number of nitrogens with zero attached hydrogens (tertiary/aromatic N) is 1. The lowest BCUT2D eigenvalue weighted by Gasteiger charge is -2.12. The summed E-state index contributed by atoms with van der Waals surface area (Å²) in [7, 11) is 1.43. The number of nitrogens with one attached hydrogen (secondary N) is 2. The summed E-state index contributed by atoms with van der Waals surface area (Å²) in [5.74, 6) is -1.25. The van der Waals surface area contributed by atoms with E-state index in [4.69, 9.17) is 4.42 Å². The van der Waals surface area contributed by atoms with Gasteiger partial charge in [-0.25, -0.2) is 9.37 Å². The van der Waals surface area contributed by atoms with E-state index in [0.29, 0.717) is 35.2 Å². The molecule has 2 N–H and O–H groups in total. The van der Waals surface area contributed by atoms with Crippen LogP contribution in [-0.4, -0.2) is 36.6 Å². The molecule has 10 heteroatoms. The van der Waals surface area contributed by atoms with Gasteiger partial charge in [0.05, 0.1) is 16.6 Å². The second-order valence-electron chi connectivity index (χ2n) is 8.76. The zero-order chi connectivity index (χ0) is 28.2. The van der Waals surface area contributed by atoms with Crippen molar-refractivity contribution in [2.24, 2.45) is 0 Å². The molecule has 0 radical (unpaired) electrons. The molecule has 2 aromatic heterocycles. The number of hydrogen-bond acceptors (Lipinski definition) is 4. The lowest BCUT2D eigenvalue weighted by Crippen LogP contribution is -2.24. The highest BCUT2D eigenvalue weighted by Crippen LogP contribution is 2.37. The molecule has 0 aliphatic carbocycles. The normalized spacial score (nSPS) is 11.4. The standard InChI is InChI=1S/C29H25F4N3O3/c1-3-4-14-35-26(37)19-7-5-6-18(15-19)21-16-22-24(27(38)34-2)25(17-8-10-20(30)11-9-17)39-28(22)36-23(21)12-13-29(31,32)33/h3,5-11,15-16H,1,4,12-14H2,2H3,(H,34,38)(H,35,37). The highest BCUT2D eigenvalue weighted by molar-refractivity contribution is 6.11. The van der Waals surface area contributed by atoms with Gasteiger partial charge in [-0.1, -0.05) is 18.2 Å². The maximum absolute atomic E-state index is 13.5. The van der Waals surface area contributed by atoms with Crippen LogP contribution < -0.4 is 10.6 Å². The molecule has 2 amide bonds. The Morgan fingerprint density at radius 3 is 2.46 bits per heavy atom. The van der Waals surface area contributed by atoms with E-state index >= 15 is 0 Å². The summed E-state index contributed by atoms with van der Waals surface area (Å²) in [5.41, 5.74) is 1.63. The fourth-order valence-electron chi connectivity index (χ4n) is 4.13. The average Bonchev–Trinajstić information content (AvgIpc) is 3.29. The van der Waals surface area contributed by atoms with Crippen LogP contribution >= 0.6 is 0 Å². The second kappa shape index (κ2) is 11.5. The van der Waals surface area contributed by atoms with Crippen molar-refractivity contribution in [1.82, 2.24) is 15.6 Å². The van der Waals surface area contributed by atoms with Crippen LogP contribution in [0.15, 0.2) is 71.7 Å². The van der Waals surface area contributed by atoms with Crippen LogP contribution in [0.5, 0.6) is 0 Å². The number of fused-ring (bicyclic) bond motifs is 1. The molecule has 6 nitrogen and oxygen atoms in total. The van der Waals surface area contributed by atoms with E-state index in [1.165, 1.54) is 31.3 Å². The van der Waals surface area contributed by atoms with Gasteiger partial charge < -0.3 is 15.1 Å². The Morgan fingerprint density at radius 1 is 1.05 bits per heavy atom. The number of carbonyl (C=O) groups is 2. The first-order valence-corrected chi connectivity index (χ1v) is 12.1. The van der Waals surface area contributed by atoms with Crippen molar-refractivity contribution in [3.8, 4) is 22.5 Å². The fraction of sp³-hybridized carbons (Fsp3) is 0.207. The van der Waals surface area contributed by atoms with Gasteiger partial charge in [0.15, 0.2) is 0 Å². The van der Waals surface area contributed by atoms with Crippen molar-refractivity contribution in [3.63, 3.8) is 0 Å². The first kappa shape index (κ1) is 27.6. The third-order valence-corrected chi connectivity index (χ3v) is 6.04. The summed E-state index contributed by atoms with van der Waals surface area (Å²) in [6.45, 7) is 4.00. The van der Waals surface area contributed by atoms with E-state index in [-0.39, 0.29) is 34.0 Å². The van der Waals surface area contributed by atoms with E-state index in [0.717, 1.165) is 0 Å². The van der Waals surface area contributed by atoms with Crippen molar-refractivity contribution in [1.29, 1.82) is 0 Å². The summed E-state index contributed by atoms with van der Waals surface area (Å²) in [6, 6.07) is 13.2. The number of carbonyl (C=O) groups excluding carboxylic acids is 2. The molecule has 2 heterocycles. The van der Waals surface area contributed by atoms with Crippen molar-refractivity contribution < 1.29 is 31.6 Å². The molecule has 4 aromatic rings. The average molecular weight is 540 g/mol. The van der Waals surface area contributed by atoms with Crippen molar-refractivity contribution in [3.05, 3.63) is 89.9 Å². The Labute approximate surface area is 221 Å². The predicted molar refractivity (Wildman–Crippen MR) is 140 cm³/mol. The molecular weight excluding hydrogens is 514 g/mol. The molecule has 0 saturated heterocycles. The number of halogens is 4. The van der Waals surface area contributed by atoms with E-state index in [1.807, 2.05) is 0 Å². The number of benzene rings is 2. The molecular formula is C29H25F4N3O3. The van der Waals surface area contributed by atoms with Crippen LogP contribution in [0.3, 0.4) is 0 Å². The number of amides is 2. The Hall–Kier alpha value is -4.47. The summed E-state index contributed by atoms with van der Waals surface area (Å²) in [6.07, 6.45) is -3.77. The van der Waals surface area contributed by atoms with Crippen LogP contribution in [-0.2, 0) is 6.42 Å². The summed E-state index contributed by atoms with van der Waals surface area (Å²) >= 11 is 0. The number of hydrogen-bond donors (Lipinski definition) is 2. The van der Waals surface area contributed by atoms with Crippen molar-refractivity contribution in [2.75, 3.05) is 13.6 Å². The van der Waals surface area contributed by atoms with Gasteiger partial charge in [-0.15, -0.1) is 6.58 Å². The molecule has 0 bridgehead atoms. The minimum Gasteiger partial charge on any atom is -0.437 e. The van der Waals surface area contributed by atoms with Crippen molar-refractivity contribution >= 4 is 22.9 Å². The quantitative estimate of drug-likeness (QED) is 0.145. The number of aromatic nitrogens is 1. The second-order valence-corrected chi connectivity index (χ2v) is 8.76. The third kappa shape index (κ3) is 6.34. The molecule has 0 atom stereocenters. The van der Waals surface area contributed by atoms with Crippen LogP contribution in [0.25, 0.3) is 33.6 Å². The molecule has 2 aromatic carbocycles.